The number of hydrogen-bond donors (Lipinski definition) is 1. The Kier molecular flexibility index (Phi) is 5.00. The first-order valence-corrected chi connectivity index (χ1v) is 9.18. The van der Waals surface area contributed by atoms with Gasteiger partial charge in [-0.05, 0) is 31.0 Å². The number of hydrogen-bond acceptors (Lipinski definition) is 5. The van der Waals surface area contributed by atoms with Gasteiger partial charge in [-0.3, -0.25) is 9.59 Å². The van der Waals surface area contributed by atoms with E-state index in [9.17, 15) is 9.59 Å². The maximum Gasteiger partial charge on any atom is 0.257 e. The highest BCUT2D eigenvalue weighted by Crippen LogP contribution is 2.30. The molecular weight excluding hydrogens is 348 g/mol. The third-order valence-electron chi connectivity index (χ3n) is 4.99. The summed E-state index contributed by atoms with van der Waals surface area (Å²) >= 11 is 0. The molecule has 1 aromatic heterocycles. The van der Waals surface area contributed by atoms with Crippen LogP contribution in [0.4, 0.5) is 0 Å². The predicted octanol–water partition coefficient (Wildman–Crippen LogP) is 2.09. The van der Waals surface area contributed by atoms with Crippen LogP contribution in [-0.4, -0.2) is 49.1 Å². The van der Waals surface area contributed by atoms with E-state index in [1.165, 1.54) is 12.5 Å². The lowest BCUT2D eigenvalue weighted by molar-refractivity contribution is -0.126. The minimum Gasteiger partial charge on any atom is -0.486 e. The predicted molar refractivity (Wildman–Crippen MR) is 96.7 cm³/mol. The number of benzene rings is 1. The van der Waals surface area contributed by atoms with Crippen molar-refractivity contribution in [1.82, 2.24) is 10.2 Å². The largest absolute Gasteiger partial charge is 0.486 e. The monoisotopic (exact) mass is 370 g/mol. The lowest BCUT2D eigenvalue weighted by atomic mass is 9.95. The van der Waals surface area contributed by atoms with E-state index >= 15 is 0 Å². The number of amides is 2. The second-order valence-corrected chi connectivity index (χ2v) is 6.82. The lowest BCUT2D eigenvalue weighted by Gasteiger charge is -2.32. The molecule has 1 atom stereocenters. The molecule has 2 aliphatic heterocycles. The lowest BCUT2D eigenvalue weighted by Crippen LogP contribution is -2.46. The highest BCUT2D eigenvalue weighted by Gasteiger charge is 2.29. The van der Waals surface area contributed by atoms with Crippen molar-refractivity contribution < 1.29 is 23.5 Å². The fourth-order valence-corrected chi connectivity index (χ4v) is 3.44. The van der Waals surface area contributed by atoms with E-state index in [-0.39, 0.29) is 23.8 Å². The Bertz CT molecular complexity index is 796. The van der Waals surface area contributed by atoms with Crippen molar-refractivity contribution in [2.75, 3.05) is 26.2 Å². The summed E-state index contributed by atoms with van der Waals surface area (Å²) in [5, 5.41) is 2.96. The molecule has 3 heterocycles. The van der Waals surface area contributed by atoms with Crippen LogP contribution in [0.1, 0.15) is 23.2 Å². The number of para-hydroxylation sites is 2. The number of fused-ring (bicyclic) bond motifs is 1. The molecule has 4 rings (SSSR count). The average Bonchev–Trinajstić information content (AvgIpc) is 3.26. The van der Waals surface area contributed by atoms with Crippen LogP contribution in [-0.2, 0) is 4.79 Å². The average molecular weight is 370 g/mol. The van der Waals surface area contributed by atoms with E-state index in [2.05, 4.69) is 5.32 Å². The van der Waals surface area contributed by atoms with Crippen molar-refractivity contribution in [3.8, 4) is 11.5 Å². The SMILES string of the molecule is O=C(NCC1COc2ccccc2O1)C1CCN(C(=O)c2ccoc2)CC1. The van der Waals surface area contributed by atoms with Gasteiger partial charge >= 0.3 is 0 Å². The zero-order valence-corrected chi connectivity index (χ0v) is 14.9. The van der Waals surface area contributed by atoms with Gasteiger partial charge in [0.2, 0.25) is 5.91 Å². The number of furan rings is 1. The van der Waals surface area contributed by atoms with E-state index < -0.39 is 0 Å². The molecular formula is C20H22N2O5. The van der Waals surface area contributed by atoms with E-state index in [1.807, 2.05) is 24.3 Å². The van der Waals surface area contributed by atoms with Gasteiger partial charge in [-0.1, -0.05) is 12.1 Å². The van der Waals surface area contributed by atoms with Gasteiger partial charge in [0.1, 0.15) is 19.0 Å². The van der Waals surface area contributed by atoms with Gasteiger partial charge < -0.3 is 24.1 Å². The molecule has 0 radical (unpaired) electrons. The fraction of sp³-hybridized carbons (Fsp3) is 0.400. The highest BCUT2D eigenvalue weighted by molar-refractivity contribution is 5.94. The van der Waals surface area contributed by atoms with Crippen LogP contribution in [0.2, 0.25) is 0 Å². The van der Waals surface area contributed by atoms with Gasteiger partial charge in [0.05, 0.1) is 18.4 Å². The molecule has 27 heavy (non-hydrogen) atoms. The first kappa shape index (κ1) is 17.5. The molecule has 0 saturated carbocycles. The molecule has 1 saturated heterocycles. The number of nitrogens with one attached hydrogen (secondary N) is 1. The van der Waals surface area contributed by atoms with Gasteiger partial charge in [0, 0.05) is 19.0 Å². The molecule has 1 fully saturated rings. The van der Waals surface area contributed by atoms with Crippen molar-refractivity contribution in [2.24, 2.45) is 5.92 Å². The summed E-state index contributed by atoms with van der Waals surface area (Å²) in [7, 11) is 0. The quantitative estimate of drug-likeness (QED) is 0.891. The highest BCUT2D eigenvalue weighted by atomic mass is 16.6. The van der Waals surface area contributed by atoms with Gasteiger partial charge in [-0.15, -0.1) is 0 Å². The number of rotatable bonds is 4. The number of carbonyl (C=O) groups is 2. The minimum absolute atomic E-state index is 0.00729. The smallest absolute Gasteiger partial charge is 0.257 e. The summed E-state index contributed by atoms with van der Waals surface area (Å²) in [5.74, 6) is 1.31. The molecule has 7 heteroatoms. The first-order chi connectivity index (χ1) is 13.2. The zero-order valence-electron chi connectivity index (χ0n) is 14.9. The number of carbonyl (C=O) groups excluding carboxylic acids is 2. The maximum absolute atomic E-state index is 12.5. The number of likely N-dealkylation sites (tertiary alicyclic amines) is 1. The Hall–Kier alpha value is -2.96. The summed E-state index contributed by atoms with van der Waals surface area (Å²) in [6.07, 6.45) is 4.04. The maximum atomic E-state index is 12.5. The third kappa shape index (κ3) is 3.92. The van der Waals surface area contributed by atoms with Crippen molar-refractivity contribution in [2.45, 2.75) is 18.9 Å². The number of piperidine rings is 1. The van der Waals surface area contributed by atoms with Crippen LogP contribution in [0, 0.1) is 5.92 Å². The summed E-state index contributed by atoms with van der Waals surface area (Å²) in [5.41, 5.74) is 0.549. The molecule has 0 aliphatic carbocycles. The summed E-state index contributed by atoms with van der Waals surface area (Å²) in [4.78, 5) is 26.5. The normalized spacial score (nSPS) is 19.6. The Morgan fingerprint density at radius 2 is 1.89 bits per heavy atom. The molecule has 0 spiro atoms. The third-order valence-corrected chi connectivity index (χ3v) is 4.99. The molecule has 7 nitrogen and oxygen atoms in total. The van der Waals surface area contributed by atoms with Crippen LogP contribution >= 0.6 is 0 Å². The van der Waals surface area contributed by atoms with Crippen molar-refractivity contribution >= 4 is 11.8 Å². The van der Waals surface area contributed by atoms with Crippen LogP contribution in [0.25, 0.3) is 0 Å². The van der Waals surface area contributed by atoms with Crippen LogP contribution in [0.15, 0.2) is 47.3 Å². The molecule has 2 aromatic rings. The molecule has 1 N–H and O–H groups in total. The molecule has 1 unspecified atom stereocenters. The Morgan fingerprint density at radius 1 is 1.11 bits per heavy atom. The number of nitrogens with zero attached hydrogens (tertiary/aromatic N) is 1. The van der Waals surface area contributed by atoms with Gasteiger partial charge in [0.25, 0.3) is 5.91 Å². The molecule has 2 amide bonds. The zero-order chi connectivity index (χ0) is 18.6. The molecule has 1 aromatic carbocycles. The fourth-order valence-electron chi connectivity index (χ4n) is 3.44. The Balaban J connectivity index is 1.23. The van der Waals surface area contributed by atoms with Gasteiger partial charge in [-0.2, -0.15) is 0 Å². The summed E-state index contributed by atoms with van der Waals surface area (Å²) < 4.78 is 16.5. The van der Waals surface area contributed by atoms with E-state index in [4.69, 9.17) is 13.9 Å². The Labute approximate surface area is 157 Å². The van der Waals surface area contributed by atoms with Crippen molar-refractivity contribution in [3.05, 3.63) is 48.4 Å². The first-order valence-electron chi connectivity index (χ1n) is 9.18. The van der Waals surface area contributed by atoms with E-state index in [0.717, 1.165) is 5.75 Å². The van der Waals surface area contributed by atoms with Crippen LogP contribution in [0.5, 0.6) is 11.5 Å². The second-order valence-electron chi connectivity index (χ2n) is 6.82. The standard InChI is InChI=1S/C20H22N2O5/c23-19(21-11-16-13-26-17-3-1-2-4-18(17)27-16)14-5-8-22(9-6-14)20(24)15-7-10-25-12-15/h1-4,7,10,12,14,16H,5-6,8-9,11,13H2,(H,21,23). The second kappa shape index (κ2) is 7.73. The van der Waals surface area contributed by atoms with E-state index in [1.54, 1.807) is 11.0 Å². The van der Waals surface area contributed by atoms with Crippen LogP contribution in [0.3, 0.4) is 0 Å². The molecule has 0 bridgehead atoms. The van der Waals surface area contributed by atoms with Crippen molar-refractivity contribution in [1.29, 1.82) is 0 Å². The van der Waals surface area contributed by atoms with Crippen molar-refractivity contribution in [3.63, 3.8) is 0 Å². The summed E-state index contributed by atoms with van der Waals surface area (Å²) in [6, 6.07) is 9.17. The number of ether oxygens (including phenoxy) is 2. The molecule has 2 aliphatic rings. The van der Waals surface area contributed by atoms with Gasteiger partial charge in [0.15, 0.2) is 11.5 Å². The molecule has 142 valence electrons. The van der Waals surface area contributed by atoms with Crippen LogP contribution < -0.4 is 14.8 Å². The minimum atomic E-state index is -0.202. The topological polar surface area (TPSA) is 81.0 Å². The Morgan fingerprint density at radius 3 is 2.63 bits per heavy atom. The van der Waals surface area contributed by atoms with Gasteiger partial charge in [-0.25, -0.2) is 0 Å². The van der Waals surface area contributed by atoms with E-state index in [0.29, 0.717) is 50.4 Å². The summed E-state index contributed by atoms with van der Waals surface area (Å²) in [6.45, 7) is 1.95.